The molecule has 1 amide bonds. The molecule has 3 aromatic rings. The predicted molar refractivity (Wildman–Crippen MR) is 166 cm³/mol. The number of rotatable bonds is 8. The van der Waals surface area contributed by atoms with Crippen LogP contribution in [0.25, 0.3) is 0 Å². The molecule has 1 N–H and O–H groups in total. The average Bonchev–Trinajstić information content (AvgIpc) is 2.97. The molecule has 2 aliphatic heterocycles. The second kappa shape index (κ2) is 13.7. The van der Waals surface area contributed by atoms with Gasteiger partial charge < -0.3 is 24.4 Å². The number of benzene rings is 3. The number of carbonyl (C=O) groups excluding carboxylic acids is 1. The number of nitrogens with one attached hydrogen (secondary N) is 1. The van der Waals surface area contributed by atoms with Crippen molar-refractivity contribution in [3.8, 4) is 5.75 Å². The van der Waals surface area contributed by atoms with Gasteiger partial charge >= 0.3 is 0 Å². The standard InChI is InChI=1S/C32H35Cl3N2O4/c1-20(2)27-15-22(26-9-5-23(33)16-28(26)34)18-41-32(27)21-3-7-25(8-4-21)40-19-31(38)36-24-6-10-30(29(35)17-24)37-11-13-39-14-12-37/h3-10,16-17,20,22,27,32H,11-15,18-19H2,1-2H3,(H,36,38)/t22-,27-,32-/m0/s1. The van der Waals surface area contributed by atoms with Crippen LogP contribution in [0.2, 0.25) is 15.1 Å². The quantitative estimate of drug-likeness (QED) is 0.277. The maximum absolute atomic E-state index is 12.6. The summed E-state index contributed by atoms with van der Waals surface area (Å²) in [5, 5.41) is 4.77. The molecular weight excluding hydrogens is 583 g/mol. The highest BCUT2D eigenvalue weighted by molar-refractivity contribution is 6.35. The number of hydrogen-bond donors (Lipinski definition) is 1. The van der Waals surface area contributed by atoms with Crippen LogP contribution in [0.4, 0.5) is 11.4 Å². The first-order chi connectivity index (χ1) is 19.8. The van der Waals surface area contributed by atoms with Gasteiger partial charge in [-0.1, -0.05) is 66.8 Å². The Morgan fingerprint density at radius 2 is 1.76 bits per heavy atom. The van der Waals surface area contributed by atoms with Gasteiger partial charge in [-0.15, -0.1) is 0 Å². The van der Waals surface area contributed by atoms with Crippen LogP contribution in [0.5, 0.6) is 5.75 Å². The largest absolute Gasteiger partial charge is 0.484 e. The molecule has 3 atom stereocenters. The number of nitrogens with zero attached hydrogens (tertiary/aromatic N) is 1. The third-order valence-corrected chi connectivity index (χ3v) is 8.71. The van der Waals surface area contributed by atoms with E-state index in [2.05, 4.69) is 24.1 Å². The van der Waals surface area contributed by atoms with Crippen LogP contribution in [0.3, 0.4) is 0 Å². The monoisotopic (exact) mass is 616 g/mol. The first-order valence-electron chi connectivity index (χ1n) is 14.0. The number of ether oxygens (including phenoxy) is 3. The highest BCUT2D eigenvalue weighted by Crippen LogP contribution is 2.45. The van der Waals surface area contributed by atoms with Crippen molar-refractivity contribution in [3.05, 3.63) is 86.9 Å². The van der Waals surface area contributed by atoms with Gasteiger partial charge in [0.05, 0.1) is 36.6 Å². The topological polar surface area (TPSA) is 60.0 Å². The molecule has 2 saturated heterocycles. The van der Waals surface area contributed by atoms with Crippen LogP contribution in [-0.4, -0.2) is 45.4 Å². The molecule has 41 heavy (non-hydrogen) atoms. The molecule has 3 aromatic carbocycles. The lowest BCUT2D eigenvalue weighted by Crippen LogP contribution is -2.36. The van der Waals surface area contributed by atoms with E-state index in [0.717, 1.165) is 36.3 Å². The minimum atomic E-state index is -0.258. The molecule has 0 saturated carbocycles. The zero-order chi connectivity index (χ0) is 28.9. The van der Waals surface area contributed by atoms with Gasteiger partial charge in [0.1, 0.15) is 5.75 Å². The van der Waals surface area contributed by atoms with Crippen molar-refractivity contribution in [2.75, 3.05) is 49.7 Å². The van der Waals surface area contributed by atoms with Gasteiger partial charge in [0, 0.05) is 34.7 Å². The van der Waals surface area contributed by atoms with Crippen LogP contribution in [0.15, 0.2) is 60.7 Å². The van der Waals surface area contributed by atoms with Crippen LogP contribution < -0.4 is 15.0 Å². The fourth-order valence-electron chi connectivity index (χ4n) is 5.62. The van der Waals surface area contributed by atoms with Crippen molar-refractivity contribution >= 4 is 52.1 Å². The summed E-state index contributed by atoms with van der Waals surface area (Å²) in [5.41, 5.74) is 3.74. The van der Waals surface area contributed by atoms with E-state index in [0.29, 0.717) is 58.2 Å². The molecule has 0 aromatic heterocycles. The molecule has 0 bridgehead atoms. The minimum absolute atomic E-state index is 0.0279. The van der Waals surface area contributed by atoms with Crippen molar-refractivity contribution in [2.45, 2.75) is 32.3 Å². The van der Waals surface area contributed by atoms with E-state index in [1.54, 1.807) is 12.1 Å². The summed E-state index contributed by atoms with van der Waals surface area (Å²) in [5.74, 6) is 1.32. The zero-order valence-electron chi connectivity index (χ0n) is 23.2. The maximum Gasteiger partial charge on any atom is 0.262 e. The number of halogens is 3. The molecule has 6 nitrogen and oxygen atoms in total. The molecule has 0 unspecified atom stereocenters. The number of morpholine rings is 1. The molecule has 2 aliphatic rings. The molecule has 2 heterocycles. The lowest BCUT2D eigenvalue weighted by Gasteiger charge is -2.39. The van der Waals surface area contributed by atoms with Crippen molar-refractivity contribution in [3.63, 3.8) is 0 Å². The van der Waals surface area contributed by atoms with E-state index in [1.807, 2.05) is 48.5 Å². The molecule has 0 spiro atoms. The number of anilines is 2. The van der Waals surface area contributed by atoms with Gasteiger partial charge in [-0.2, -0.15) is 0 Å². The van der Waals surface area contributed by atoms with Crippen LogP contribution in [0, 0.1) is 11.8 Å². The average molecular weight is 618 g/mol. The van der Waals surface area contributed by atoms with E-state index in [-0.39, 0.29) is 24.5 Å². The summed E-state index contributed by atoms with van der Waals surface area (Å²) in [6, 6.07) is 19.0. The second-order valence-electron chi connectivity index (χ2n) is 10.9. The molecule has 9 heteroatoms. The lowest BCUT2D eigenvalue weighted by molar-refractivity contribution is -0.118. The van der Waals surface area contributed by atoms with Crippen molar-refractivity contribution in [1.82, 2.24) is 0 Å². The highest BCUT2D eigenvalue weighted by atomic mass is 35.5. The third-order valence-electron chi connectivity index (χ3n) is 7.84. The zero-order valence-corrected chi connectivity index (χ0v) is 25.5. The van der Waals surface area contributed by atoms with Gasteiger partial charge in [0.2, 0.25) is 0 Å². The smallest absolute Gasteiger partial charge is 0.262 e. The summed E-state index contributed by atoms with van der Waals surface area (Å²) in [7, 11) is 0. The summed E-state index contributed by atoms with van der Waals surface area (Å²) in [4.78, 5) is 14.7. The normalized spacial score (nSPS) is 21.1. The Morgan fingerprint density at radius 3 is 2.44 bits per heavy atom. The Hall–Kier alpha value is -2.48. The van der Waals surface area contributed by atoms with E-state index >= 15 is 0 Å². The first kappa shape index (κ1) is 30.0. The molecule has 5 rings (SSSR count). The Morgan fingerprint density at radius 1 is 1.00 bits per heavy atom. The number of amides is 1. The van der Waals surface area contributed by atoms with E-state index < -0.39 is 0 Å². The Kier molecular flexibility index (Phi) is 9.99. The fraction of sp³-hybridized carbons (Fsp3) is 0.406. The summed E-state index contributed by atoms with van der Waals surface area (Å²) in [6.07, 6.45) is 0.944. The van der Waals surface area contributed by atoms with Crippen LogP contribution in [0.1, 0.15) is 43.4 Å². The molecule has 0 radical (unpaired) electrons. The van der Waals surface area contributed by atoms with Gasteiger partial charge in [-0.25, -0.2) is 0 Å². The van der Waals surface area contributed by atoms with E-state index in [9.17, 15) is 4.79 Å². The predicted octanol–water partition coefficient (Wildman–Crippen LogP) is 8.02. The maximum atomic E-state index is 12.6. The van der Waals surface area contributed by atoms with E-state index in [4.69, 9.17) is 49.0 Å². The number of carbonyl (C=O) groups is 1. The Balaban J connectivity index is 1.15. The molecule has 0 aliphatic carbocycles. The lowest BCUT2D eigenvalue weighted by atomic mass is 9.76. The van der Waals surface area contributed by atoms with Crippen molar-refractivity contribution in [1.29, 1.82) is 0 Å². The van der Waals surface area contributed by atoms with Gasteiger partial charge in [0.25, 0.3) is 5.91 Å². The fourth-order valence-corrected chi connectivity index (χ4v) is 6.49. The van der Waals surface area contributed by atoms with Crippen molar-refractivity contribution in [2.24, 2.45) is 11.8 Å². The summed E-state index contributed by atoms with van der Waals surface area (Å²) in [6.45, 7) is 7.88. The second-order valence-corrected chi connectivity index (χ2v) is 12.2. The molecular formula is C32H35Cl3N2O4. The van der Waals surface area contributed by atoms with Crippen LogP contribution >= 0.6 is 34.8 Å². The molecule has 218 valence electrons. The SMILES string of the molecule is CC(C)[C@@H]1C[C@H](c2ccc(Cl)cc2Cl)CO[C@H]1c1ccc(OCC(=O)Nc2ccc(N3CCOCC3)c(Cl)c2)cc1. The summed E-state index contributed by atoms with van der Waals surface area (Å²) < 4.78 is 17.6. The van der Waals surface area contributed by atoms with Gasteiger partial charge in [0.15, 0.2) is 6.61 Å². The first-order valence-corrected chi connectivity index (χ1v) is 15.1. The van der Waals surface area contributed by atoms with Gasteiger partial charge in [-0.05, 0) is 71.8 Å². The molecule has 2 fully saturated rings. The summed E-state index contributed by atoms with van der Waals surface area (Å²) >= 11 is 19.1. The minimum Gasteiger partial charge on any atom is -0.484 e. The van der Waals surface area contributed by atoms with Crippen LogP contribution in [-0.2, 0) is 14.3 Å². The van der Waals surface area contributed by atoms with E-state index in [1.165, 1.54) is 0 Å². The number of hydrogen-bond acceptors (Lipinski definition) is 5. The Labute approximate surface area is 256 Å². The van der Waals surface area contributed by atoms with Crippen molar-refractivity contribution < 1.29 is 19.0 Å². The highest BCUT2D eigenvalue weighted by Gasteiger charge is 2.35. The third kappa shape index (κ3) is 7.49. The Bertz CT molecular complexity index is 1350. The van der Waals surface area contributed by atoms with Gasteiger partial charge in [-0.3, -0.25) is 4.79 Å².